The number of anilines is 2. The lowest BCUT2D eigenvalue weighted by Crippen LogP contribution is -2.24. The van der Waals surface area contributed by atoms with Crippen LogP contribution in [0.15, 0.2) is 41.3 Å². The topological polar surface area (TPSA) is 75.7 Å². The van der Waals surface area contributed by atoms with Crippen molar-refractivity contribution in [2.75, 3.05) is 23.3 Å². The average molecular weight is 374 g/mol. The second-order valence-corrected chi connectivity index (χ2v) is 8.06. The van der Waals surface area contributed by atoms with Gasteiger partial charge in [-0.05, 0) is 50.1 Å². The van der Waals surface area contributed by atoms with Crippen LogP contribution in [0.1, 0.15) is 24.0 Å². The number of methoxy groups -OCH3 is 1. The standard InChI is InChI=1S/C19H22N2O4S/c1-13-6-9-18(14(2)11-13)26(23,24)20-15-7-8-17(25-3)16(12-15)21-10-4-5-19(21)22/h6-9,11-12,20H,4-5,10H2,1-3H3. The minimum atomic E-state index is -3.73. The van der Waals surface area contributed by atoms with Crippen LogP contribution in [-0.2, 0) is 14.8 Å². The van der Waals surface area contributed by atoms with Crippen LogP contribution in [0.4, 0.5) is 11.4 Å². The van der Waals surface area contributed by atoms with Gasteiger partial charge in [-0.2, -0.15) is 0 Å². The summed E-state index contributed by atoms with van der Waals surface area (Å²) in [6, 6.07) is 10.1. The van der Waals surface area contributed by atoms with E-state index in [9.17, 15) is 13.2 Å². The van der Waals surface area contributed by atoms with Gasteiger partial charge in [-0.3, -0.25) is 9.52 Å². The van der Waals surface area contributed by atoms with Crippen molar-refractivity contribution in [1.29, 1.82) is 0 Å². The van der Waals surface area contributed by atoms with Crippen LogP contribution in [0.3, 0.4) is 0 Å². The Hall–Kier alpha value is -2.54. The highest BCUT2D eigenvalue weighted by atomic mass is 32.2. The molecule has 2 aromatic rings. The molecule has 0 aliphatic carbocycles. The Kier molecular flexibility index (Phi) is 4.91. The van der Waals surface area contributed by atoms with Gasteiger partial charge in [0.1, 0.15) is 5.75 Å². The van der Waals surface area contributed by atoms with Gasteiger partial charge in [-0.25, -0.2) is 8.42 Å². The van der Waals surface area contributed by atoms with Crippen LogP contribution >= 0.6 is 0 Å². The van der Waals surface area contributed by atoms with E-state index in [-0.39, 0.29) is 10.8 Å². The van der Waals surface area contributed by atoms with Crippen molar-refractivity contribution in [2.24, 2.45) is 0 Å². The molecule has 0 atom stereocenters. The summed E-state index contributed by atoms with van der Waals surface area (Å²) in [7, 11) is -2.20. The third-order valence-corrected chi connectivity index (χ3v) is 5.96. The smallest absolute Gasteiger partial charge is 0.262 e. The van der Waals surface area contributed by atoms with Crippen molar-refractivity contribution < 1.29 is 17.9 Å². The van der Waals surface area contributed by atoms with Crippen molar-refractivity contribution in [3.63, 3.8) is 0 Å². The molecule has 0 bridgehead atoms. The third-order valence-electron chi connectivity index (χ3n) is 4.42. The predicted molar refractivity (Wildman–Crippen MR) is 101 cm³/mol. The maximum Gasteiger partial charge on any atom is 0.262 e. The molecular formula is C19H22N2O4S. The van der Waals surface area contributed by atoms with Gasteiger partial charge in [0, 0.05) is 13.0 Å². The SMILES string of the molecule is COc1ccc(NS(=O)(=O)c2ccc(C)cc2C)cc1N1CCCC1=O. The molecule has 0 aromatic heterocycles. The summed E-state index contributed by atoms with van der Waals surface area (Å²) in [5, 5.41) is 0. The monoisotopic (exact) mass is 374 g/mol. The Bertz CT molecular complexity index is 954. The maximum atomic E-state index is 12.8. The van der Waals surface area contributed by atoms with E-state index < -0.39 is 10.0 Å². The summed E-state index contributed by atoms with van der Waals surface area (Å²) in [5.41, 5.74) is 2.65. The van der Waals surface area contributed by atoms with E-state index in [4.69, 9.17) is 4.74 Å². The molecule has 0 spiro atoms. The first-order valence-electron chi connectivity index (χ1n) is 8.40. The van der Waals surface area contributed by atoms with Gasteiger partial charge in [-0.15, -0.1) is 0 Å². The summed E-state index contributed by atoms with van der Waals surface area (Å²) in [4.78, 5) is 13.9. The zero-order chi connectivity index (χ0) is 18.9. The summed E-state index contributed by atoms with van der Waals surface area (Å²) in [6.07, 6.45) is 1.27. The first kappa shape index (κ1) is 18.3. The fraction of sp³-hybridized carbons (Fsp3) is 0.316. The molecule has 26 heavy (non-hydrogen) atoms. The molecule has 0 saturated carbocycles. The van der Waals surface area contributed by atoms with Gasteiger partial charge in [0.05, 0.1) is 23.4 Å². The molecule has 138 valence electrons. The molecule has 0 radical (unpaired) electrons. The quantitative estimate of drug-likeness (QED) is 0.872. The maximum absolute atomic E-state index is 12.8. The molecule has 2 aromatic carbocycles. The number of hydrogen-bond acceptors (Lipinski definition) is 4. The van der Waals surface area contributed by atoms with Crippen LogP contribution in [0.25, 0.3) is 0 Å². The van der Waals surface area contributed by atoms with Crippen molar-refractivity contribution in [3.05, 3.63) is 47.5 Å². The Balaban J connectivity index is 1.96. The highest BCUT2D eigenvalue weighted by molar-refractivity contribution is 7.92. The van der Waals surface area contributed by atoms with Gasteiger partial charge in [0.2, 0.25) is 5.91 Å². The molecule has 7 heteroatoms. The van der Waals surface area contributed by atoms with Crippen LogP contribution in [0.2, 0.25) is 0 Å². The molecule has 1 aliphatic rings. The molecule has 1 aliphatic heterocycles. The Morgan fingerprint density at radius 1 is 1.12 bits per heavy atom. The van der Waals surface area contributed by atoms with E-state index in [1.54, 1.807) is 42.2 Å². The highest BCUT2D eigenvalue weighted by Crippen LogP contribution is 2.34. The lowest BCUT2D eigenvalue weighted by molar-refractivity contribution is -0.117. The highest BCUT2D eigenvalue weighted by Gasteiger charge is 2.25. The summed E-state index contributed by atoms with van der Waals surface area (Å²) in [5.74, 6) is 0.549. The van der Waals surface area contributed by atoms with Crippen LogP contribution < -0.4 is 14.4 Å². The van der Waals surface area contributed by atoms with E-state index in [2.05, 4.69) is 4.72 Å². The van der Waals surface area contributed by atoms with Crippen LogP contribution in [0, 0.1) is 13.8 Å². The molecule has 1 amide bonds. The third kappa shape index (κ3) is 3.53. The minimum absolute atomic E-state index is 0.0117. The number of sulfonamides is 1. The second-order valence-electron chi connectivity index (χ2n) is 6.41. The number of rotatable bonds is 5. The zero-order valence-electron chi connectivity index (χ0n) is 15.1. The molecule has 1 fully saturated rings. The number of ether oxygens (including phenoxy) is 1. The molecular weight excluding hydrogens is 352 g/mol. The van der Waals surface area contributed by atoms with Gasteiger partial charge >= 0.3 is 0 Å². The summed E-state index contributed by atoms with van der Waals surface area (Å²) >= 11 is 0. The lowest BCUT2D eigenvalue weighted by Gasteiger charge is -2.20. The van der Waals surface area contributed by atoms with E-state index in [1.165, 1.54) is 7.11 Å². The number of hydrogen-bond donors (Lipinski definition) is 1. The largest absolute Gasteiger partial charge is 0.495 e. The molecule has 0 unspecified atom stereocenters. The van der Waals surface area contributed by atoms with E-state index in [0.717, 1.165) is 12.0 Å². The number of aryl methyl sites for hydroxylation is 2. The fourth-order valence-electron chi connectivity index (χ4n) is 3.18. The number of nitrogens with zero attached hydrogens (tertiary/aromatic N) is 1. The number of carbonyl (C=O) groups excluding carboxylic acids is 1. The predicted octanol–water partition coefficient (Wildman–Crippen LogP) is 3.24. The first-order valence-corrected chi connectivity index (χ1v) is 9.88. The fourth-order valence-corrected chi connectivity index (χ4v) is 4.46. The number of benzene rings is 2. The van der Waals surface area contributed by atoms with Crippen LogP contribution in [0.5, 0.6) is 5.75 Å². The second kappa shape index (κ2) is 6.99. The molecule has 3 rings (SSSR count). The van der Waals surface area contributed by atoms with Crippen molar-refractivity contribution in [3.8, 4) is 5.75 Å². The van der Waals surface area contributed by atoms with Crippen molar-refractivity contribution >= 4 is 27.3 Å². The summed E-state index contributed by atoms with van der Waals surface area (Å²) in [6.45, 7) is 4.28. The Labute approximate surface area is 153 Å². The number of carbonyl (C=O) groups is 1. The normalized spacial score (nSPS) is 14.6. The minimum Gasteiger partial charge on any atom is -0.495 e. The molecule has 1 heterocycles. The van der Waals surface area contributed by atoms with Gasteiger partial charge < -0.3 is 9.64 Å². The average Bonchev–Trinajstić information content (AvgIpc) is 3.00. The molecule has 6 nitrogen and oxygen atoms in total. The molecule has 1 N–H and O–H groups in total. The van der Waals surface area contributed by atoms with Crippen molar-refractivity contribution in [2.45, 2.75) is 31.6 Å². The number of nitrogens with one attached hydrogen (secondary N) is 1. The van der Waals surface area contributed by atoms with Gasteiger partial charge in [0.25, 0.3) is 10.0 Å². The van der Waals surface area contributed by atoms with E-state index >= 15 is 0 Å². The van der Waals surface area contributed by atoms with E-state index in [0.29, 0.717) is 35.7 Å². The summed E-state index contributed by atoms with van der Waals surface area (Å²) < 4.78 is 33.5. The zero-order valence-corrected chi connectivity index (χ0v) is 15.9. The van der Waals surface area contributed by atoms with Crippen LogP contribution in [-0.4, -0.2) is 28.0 Å². The Morgan fingerprint density at radius 3 is 2.50 bits per heavy atom. The number of amides is 1. The van der Waals surface area contributed by atoms with E-state index in [1.807, 2.05) is 13.0 Å². The van der Waals surface area contributed by atoms with Gasteiger partial charge in [-0.1, -0.05) is 17.7 Å². The first-order chi connectivity index (χ1) is 12.3. The molecule has 1 saturated heterocycles. The Morgan fingerprint density at radius 2 is 1.88 bits per heavy atom. The lowest BCUT2D eigenvalue weighted by atomic mass is 10.2. The van der Waals surface area contributed by atoms with Crippen molar-refractivity contribution in [1.82, 2.24) is 0 Å². The van der Waals surface area contributed by atoms with Gasteiger partial charge in [0.15, 0.2) is 0 Å².